The summed E-state index contributed by atoms with van der Waals surface area (Å²) in [6, 6.07) is 8.77. The highest BCUT2D eigenvalue weighted by molar-refractivity contribution is 5.83. The number of fused-ring (bicyclic) bond motifs is 1. The number of amides is 1. The van der Waals surface area contributed by atoms with Gasteiger partial charge in [-0.3, -0.25) is 4.79 Å². The lowest BCUT2D eigenvalue weighted by molar-refractivity contribution is -0.121. The quantitative estimate of drug-likeness (QED) is 0.793. The molecular weight excluding hydrogens is 272 g/mol. The van der Waals surface area contributed by atoms with Gasteiger partial charge >= 0.3 is 0 Å². The van der Waals surface area contributed by atoms with Crippen LogP contribution in [0.1, 0.15) is 56.9 Å². The van der Waals surface area contributed by atoms with Crippen molar-refractivity contribution in [1.29, 1.82) is 0 Å². The molecule has 3 rings (SSSR count). The molecule has 0 saturated heterocycles. The zero-order chi connectivity index (χ0) is 15.2. The predicted molar refractivity (Wildman–Crippen MR) is 90.9 cm³/mol. The topological polar surface area (TPSA) is 44.9 Å². The van der Waals surface area contributed by atoms with Crippen LogP contribution in [0.2, 0.25) is 0 Å². The number of aryl methyl sites for hydroxylation is 1. The van der Waals surface area contributed by atoms with E-state index in [1.165, 1.54) is 42.1 Å². The minimum Gasteiger partial charge on any atom is -0.361 e. The summed E-state index contributed by atoms with van der Waals surface area (Å²) >= 11 is 0. The molecule has 1 heterocycles. The molecule has 1 aromatic heterocycles. The van der Waals surface area contributed by atoms with Crippen molar-refractivity contribution in [2.45, 2.75) is 63.8 Å². The number of hydrogen-bond donors (Lipinski definition) is 2. The highest BCUT2D eigenvalue weighted by Gasteiger charge is 2.14. The van der Waals surface area contributed by atoms with E-state index in [2.05, 4.69) is 34.7 Å². The molecule has 1 aliphatic rings. The number of aromatic nitrogens is 1. The van der Waals surface area contributed by atoms with Crippen LogP contribution in [0.5, 0.6) is 0 Å². The Labute approximate surface area is 132 Å². The Balaban J connectivity index is 1.45. The molecule has 1 saturated carbocycles. The first kappa shape index (κ1) is 15.1. The van der Waals surface area contributed by atoms with E-state index in [0.29, 0.717) is 12.5 Å². The summed E-state index contributed by atoms with van der Waals surface area (Å²) in [6.07, 6.45) is 12.1. The molecule has 0 radical (unpaired) electrons. The highest BCUT2D eigenvalue weighted by atomic mass is 16.1. The van der Waals surface area contributed by atoms with Crippen molar-refractivity contribution in [3.8, 4) is 0 Å². The van der Waals surface area contributed by atoms with Crippen LogP contribution in [0.3, 0.4) is 0 Å². The van der Waals surface area contributed by atoms with Gasteiger partial charge in [-0.15, -0.1) is 0 Å². The lowest BCUT2D eigenvalue weighted by Crippen LogP contribution is -2.34. The van der Waals surface area contributed by atoms with Gasteiger partial charge in [-0.2, -0.15) is 0 Å². The zero-order valence-electron chi connectivity index (χ0n) is 13.2. The minimum absolute atomic E-state index is 0.228. The number of para-hydroxylation sites is 1. The summed E-state index contributed by atoms with van der Waals surface area (Å²) < 4.78 is 0. The third kappa shape index (κ3) is 3.90. The maximum atomic E-state index is 12.1. The monoisotopic (exact) mass is 298 g/mol. The Hall–Kier alpha value is -1.77. The molecule has 1 aromatic carbocycles. The van der Waals surface area contributed by atoms with E-state index in [4.69, 9.17) is 0 Å². The first-order chi connectivity index (χ1) is 10.8. The number of benzene rings is 1. The fourth-order valence-electron chi connectivity index (χ4n) is 3.50. The van der Waals surface area contributed by atoms with Crippen LogP contribution in [0.25, 0.3) is 10.9 Å². The molecule has 2 aromatic rings. The van der Waals surface area contributed by atoms with E-state index >= 15 is 0 Å². The molecule has 3 nitrogen and oxygen atoms in total. The minimum atomic E-state index is 0.228. The van der Waals surface area contributed by atoms with E-state index in [1.54, 1.807) is 0 Å². The van der Waals surface area contributed by atoms with Crippen molar-refractivity contribution in [2.75, 3.05) is 0 Å². The van der Waals surface area contributed by atoms with Crippen molar-refractivity contribution in [3.63, 3.8) is 0 Å². The van der Waals surface area contributed by atoms with Gasteiger partial charge < -0.3 is 10.3 Å². The number of nitrogens with one attached hydrogen (secondary N) is 2. The van der Waals surface area contributed by atoms with Gasteiger partial charge in [0.1, 0.15) is 0 Å². The molecule has 118 valence electrons. The van der Waals surface area contributed by atoms with Crippen LogP contribution in [-0.4, -0.2) is 16.9 Å². The lowest BCUT2D eigenvalue weighted by atomic mass is 10.1. The van der Waals surface area contributed by atoms with Gasteiger partial charge in [0, 0.05) is 29.6 Å². The standard InChI is InChI=1S/C19H26N2O/c22-19(21-16-9-3-1-2-4-10-16)13-7-8-15-14-20-18-12-6-5-11-17(15)18/h5-6,11-12,14,16,20H,1-4,7-10,13H2,(H,21,22). The van der Waals surface area contributed by atoms with Gasteiger partial charge in [0.15, 0.2) is 0 Å². The smallest absolute Gasteiger partial charge is 0.220 e. The van der Waals surface area contributed by atoms with E-state index in [-0.39, 0.29) is 5.91 Å². The highest BCUT2D eigenvalue weighted by Crippen LogP contribution is 2.20. The van der Waals surface area contributed by atoms with E-state index in [9.17, 15) is 4.79 Å². The van der Waals surface area contributed by atoms with Crippen LogP contribution in [-0.2, 0) is 11.2 Å². The third-order valence-electron chi connectivity index (χ3n) is 4.75. The van der Waals surface area contributed by atoms with Crippen molar-refractivity contribution < 1.29 is 4.79 Å². The second kappa shape index (κ2) is 7.48. The second-order valence-electron chi connectivity index (χ2n) is 6.47. The van der Waals surface area contributed by atoms with Gasteiger partial charge in [-0.1, -0.05) is 43.9 Å². The molecule has 22 heavy (non-hydrogen) atoms. The first-order valence-electron chi connectivity index (χ1n) is 8.67. The van der Waals surface area contributed by atoms with Crippen LogP contribution >= 0.6 is 0 Å². The molecule has 1 aliphatic carbocycles. The SMILES string of the molecule is O=C(CCCc1c[nH]c2ccccc12)NC1CCCCCC1. The summed E-state index contributed by atoms with van der Waals surface area (Å²) in [4.78, 5) is 15.4. The molecule has 0 unspecified atom stereocenters. The van der Waals surface area contributed by atoms with Crippen molar-refractivity contribution in [1.82, 2.24) is 10.3 Å². The maximum Gasteiger partial charge on any atom is 0.220 e. The Morgan fingerprint density at radius 2 is 1.91 bits per heavy atom. The second-order valence-corrected chi connectivity index (χ2v) is 6.47. The largest absolute Gasteiger partial charge is 0.361 e. The zero-order valence-corrected chi connectivity index (χ0v) is 13.2. The number of aromatic amines is 1. The molecule has 3 heteroatoms. The molecule has 0 spiro atoms. The Kier molecular flexibility index (Phi) is 5.15. The van der Waals surface area contributed by atoms with Crippen molar-refractivity contribution in [3.05, 3.63) is 36.0 Å². The Morgan fingerprint density at radius 3 is 2.73 bits per heavy atom. The van der Waals surface area contributed by atoms with E-state index < -0.39 is 0 Å². The van der Waals surface area contributed by atoms with Gasteiger partial charge in [0.2, 0.25) is 5.91 Å². The van der Waals surface area contributed by atoms with Crippen LogP contribution < -0.4 is 5.32 Å². The fraction of sp³-hybridized carbons (Fsp3) is 0.526. The van der Waals surface area contributed by atoms with Gasteiger partial charge in [-0.05, 0) is 37.3 Å². The van der Waals surface area contributed by atoms with Crippen LogP contribution in [0.4, 0.5) is 0 Å². The van der Waals surface area contributed by atoms with E-state index in [0.717, 1.165) is 25.7 Å². The van der Waals surface area contributed by atoms with Crippen LogP contribution in [0.15, 0.2) is 30.5 Å². The summed E-state index contributed by atoms with van der Waals surface area (Å²) in [7, 11) is 0. The van der Waals surface area contributed by atoms with Crippen LogP contribution in [0, 0.1) is 0 Å². The Bertz CT molecular complexity index is 609. The van der Waals surface area contributed by atoms with Crippen molar-refractivity contribution >= 4 is 16.8 Å². The molecular formula is C19H26N2O. The Morgan fingerprint density at radius 1 is 1.14 bits per heavy atom. The number of carbonyl (C=O) groups excluding carboxylic acids is 1. The van der Waals surface area contributed by atoms with Gasteiger partial charge in [0.05, 0.1) is 0 Å². The van der Waals surface area contributed by atoms with Gasteiger partial charge in [-0.25, -0.2) is 0 Å². The lowest BCUT2D eigenvalue weighted by Gasteiger charge is -2.16. The summed E-state index contributed by atoms with van der Waals surface area (Å²) in [6.45, 7) is 0. The number of H-pyrrole nitrogens is 1. The summed E-state index contributed by atoms with van der Waals surface area (Å²) in [5, 5.41) is 4.51. The van der Waals surface area contributed by atoms with E-state index in [1.807, 2.05) is 6.07 Å². The molecule has 0 atom stereocenters. The number of rotatable bonds is 5. The predicted octanol–water partition coefficient (Wildman–Crippen LogP) is 4.33. The number of carbonyl (C=O) groups is 1. The normalized spacial score (nSPS) is 16.5. The molecule has 1 fully saturated rings. The average molecular weight is 298 g/mol. The molecule has 1 amide bonds. The molecule has 0 aliphatic heterocycles. The summed E-state index contributed by atoms with van der Waals surface area (Å²) in [5.74, 6) is 0.228. The average Bonchev–Trinajstić information content (AvgIpc) is 2.76. The fourth-order valence-corrected chi connectivity index (χ4v) is 3.50. The summed E-state index contributed by atoms with van der Waals surface area (Å²) in [5.41, 5.74) is 2.50. The number of hydrogen-bond acceptors (Lipinski definition) is 1. The molecule has 2 N–H and O–H groups in total. The first-order valence-corrected chi connectivity index (χ1v) is 8.67. The third-order valence-corrected chi connectivity index (χ3v) is 4.75. The van der Waals surface area contributed by atoms with Crippen molar-refractivity contribution in [2.24, 2.45) is 0 Å². The maximum absolute atomic E-state index is 12.1. The molecule has 0 bridgehead atoms. The van der Waals surface area contributed by atoms with Gasteiger partial charge in [0.25, 0.3) is 0 Å².